The third kappa shape index (κ3) is 22.4. The van der Waals surface area contributed by atoms with E-state index in [1.807, 2.05) is 0 Å². The van der Waals surface area contributed by atoms with Crippen LogP contribution in [0.15, 0.2) is 0 Å². The molecular formula is C22H47O5P. The van der Waals surface area contributed by atoms with Gasteiger partial charge in [-0.2, -0.15) is 0 Å². The maximum Gasteiger partial charge on any atom is 0.496 e. The molecule has 0 saturated heterocycles. The molecule has 1 atom stereocenters. The van der Waals surface area contributed by atoms with E-state index in [4.69, 9.17) is 14.7 Å². The molecule has 0 spiro atoms. The quantitative estimate of drug-likeness (QED) is 0.0857. The van der Waals surface area contributed by atoms with Gasteiger partial charge in [-0.05, 0) is 18.8 Å². The Balaban J connectivity index is 3.47. The van der Waals surface area contributed by atoms with Gasteiger partial charge in [-0.25, -0.2) is 9.45 Å². The molecule has 0 saturated carbocycles. The molecule has 0 bridgehead atoms. The number of hydrogen-bond donors (Lipinski definition) is 2. The molecule has 0 aromatic heterocycles. The third-order valence-electron chi connectivity index (χ3n) is 5.14. The van der Waals surface area contributed by atoms with Crippen molar-refractivity contribution in [2.75, 3.05) is 0 Å². The monoisotopic (exact) mass is 422 g/mol. The fraction of sp³-hybridized carbons (Fsp3) is 1.00. The Morgan fingerprint density at radius 3 is 1.46 bits per heavy atom. The van der Waals surface area contributed by atoms with Gasteiger partial charge in [0.05, 0.1) is 6.10 Å². The van der Waals surface area contributed by atoms with Crippen LogP contribution < -0.4 is 0 Å². The number of rotatable bonds is 21. The normalized spacial score (nSPS) is 13.4. The summed E-state index contributed by atoms with van der Waals surface area (Å²) in [5.41, 5.74) is 0. The molecule has 1 unspecified atom stereocenters. The summed E-state index contributed by atoms with van der Waals surface area (Å²) in [5, 5.41) is 0. The summed E-state index contributed by atoms with van der Waals surface area (Å²) < 4.78 is 15.0. The van der Waals surface area contributed by atoms with Crippen molar-refractivity contribution in [3.63, 3.8) is 0 Å². The average Bonchev–Trinajstić information content (AvgIpc) is 2.61. The van der Waals surface area contributed by atoms with Crippen LogP contribution in [0.2, 0.25) is 0 Å². The molecule has 0 rings (SSSR count). The lowest BCUT2D eigenvalue weighted by atomic mass is 10.00. The van der Waals surface area contributed by atoms with Crippen molar-refractivity contribution in [3.05, 3.63) is 0 Å². The van der Waals surface area contributed by atoms with Crippen molar-refractivity contribution in [3.8, 4) is 0 Å². The Kier molecular flexibility index (Phi) is 19.1. The van der Waals surface area contributed by atoms with Crippen LogP contribution in [0.1, 0.15) is 130 Å². The predicted molar refractivity (Wildman–Crippen MR) is 117 cm³/mol. The molecule has 0 radical (unpaired) electrons. The Hall–Kier alpha value is 0.0700. The van der Waals surface area contributed by atoms with Crippen LogP contribution in [0, 0.1) is 5.92 Å². The van der Waals surface area contributed by atoms with Crippen molar-refractivity contribution < 1.29 is 23.9 Å². The lowest BCUT2D eigenvalue weighted by Gasteiger charge is -2.18. The van der Waals surface area contributed by atoms with Gasteiger partial charge in [0, 0.05) is 0 Å². The lowest BCUT2D eigenvalue weighted by Crippen LogP contribution is -2.15. The highest BCUT2D eigenvalue weighted by atomic mass is 31.2. The topological polar surface area (TPSA) is 76.0 Å². The first-order valence-electron chi connectivity index (χ1n) is 11.8. The standard InChI is InChI=1S/C22H47O5P/c1-4-5-6-7-8-9-10-11-12-13-14-15-16-17-18-19-22(20-21(2)3)26-27-28(23,24)25/h21-22H,4-20H2,1-3H3,(H2,23,24,25). The van der Waals surface area contributed by atoms with E-state index in [0.29, 0.717) is 5.92 Å². The smallest absolute Gasteiger partial charge is 0.301 e. The summed E-state index contributed by atoms with van der Waals surface area (Å²) in [4.78, 5) is 22.5. The first kappa shape index (κ1) is 28.1. The van der Waals surface area contributed by atoms with E-state index >= 15 is 0 Å². The molecule has 6 heteroatoms. The molecular weight excluding hydrogens is 375 g/mol. The first-order chi connectivity index (χ1) is 13.3. The van der Waals surface area contributed by atoms with E-state index < -0.39 is 7.82 Å². The van der Waals surface area contributed by atoms with Gasteiger partial charge in [-0.3, -0.25) is 0 Å². The van der Waals surface area contributed by atoms with Crippen LogP contribution in [-0.2, 0) is 14.1 Å². The van der Waals surface area contributed by atoms with Gasteiger partial charge >= 0.3 is 7.82 Å². The molecule has 0 aliphatic heterocycles. The van der Waals surface area contributed by atoms with Crippen LogP contribution in [0.3, 0.4) is 0 Å². The van der Waals surface area contributed by atoms with Crippen LogP contribution in [0.25, 0.3) is 0 Å². The Bertz CT molecular complexity index is 370. The van der Waals surface area contributed by atoms with Crippen molar-refractivity contribution in [1.82, 2.24) is 0 Å². The highest BCUT2D eigenvalue weighted by Crippen LogP contribution is 2.37. The molecule has 0 amide bonds. The van der Waals surface area contributed by atoms with Gasteiger partial charge in [0.1, 0.15) is 0 Å². The van der Waals surface area contributed by atoms with Crippen molar-refractivity contribution in [2.45, 2.75) is 136 Å². The molecule has 170 valence electrons. The summed E-state index contributed by atoms with van der Waals surface area (Å²) in [6.07, 6.45) is 21.2. The van der Waals surface area contributed by atoms with Crippen LogP contribution >= 0.6 is 7.82 Å². The molecule has 28 heavy (non-hydrogen) atoms. The average molecular weight is 423 g/mol. The summed E-state index contributed by atoms with van der Waals surface area (Å²) >= 11 is 0. The van der Waals surface area contributed by atoms with Gasteiger partial charge in [-0.1, -0.05) is 117 Å². The Morgan fingerprint density at radius 1 is 0.714 bits per heavy atom. The Morgan fingerprint density at radius 2 is 1.11 bits per heavy atom. The first-order valence-corrected chi connectivity index (χ1v) is 13.3. The zero-order valence-corrected chi connectivity index (χ0v) is 19.6. The summed E-state index contributed by atoms with van der Waals surface area (Å²) in [6.45, 7) is 6.41. The minimum Gasteiger partial charge on any atom is -0.301 e. The van der Waals surface area contributed by atoms with Crippen LogP contribution in [0.4, 0.5) is 0 Å². The highest BCUT2D eigenvalue weighted by Gasteiger charge is 2.20. The van der Waals surface area contributed by atoms with Crippen molar-refractivity contribution in [1.29, 1.82) is 0 Å². The molecule has 2 N–H and O–H groups in total. The number of phosphoric acid groups is 1. The van der Waals surface area contributed by atoms with E-state index in [-0.39, 0.29) is 6.10 Å². The van der Waals surface area contributed by atoms with E-state index in [9.17, 15) is 4.57 Å². The second-order valence-corrected chi connectivity index (χ2v) is 9.78. The fourth-order valence-electron chi connectivity index (χ4n) is 3.59. The fourth-order valence-corrected chi connectivity index (χ4v) is 3.83. The summed E-state index contributed by atoms with van der Waals surface area (Å²) in [5.74, 6) is 0.404. The van der Waals surface area contributed by atoms with E-state index in [1.54, 1.807) is 0 Å². The summed E-state index contributed by atoms with van der Waals surface area (Å²) in [7, 11) is -4.56. The van der Waals surface area contributed by atoms with E-state index in [1.165, 1.54) is 83.5 Å². The van der Waals surface area contributed by atoms with Crippen molar-refractivity contribution in [2.24, 2.45) is 5.92 Å². The Labute approximate surface area is 174 Å². The molecule has 0 aromatic rings. The molecule has 0 aliphatic carbocycles. The zero-order chi connectivity index (χ0) is 21.1. The third-order valence-corrected chi connectivity index (χ3v) is 5.42. The molecule has 0 fully saturated rings. The number of unbranched alkanes of at least 4 members (excludes halogenated alkanes) is 14. The highest BCUT2D eigenvalue weighted by molar-refractivity contribution is 7.46. The van der Waals surface area contributed by atoms with E-state index in [2.05, 4.69) is 25.4 Å². The lowest BCUT2D eigenvalue weighted by molar-refractivity contribution is -0.262. The maximum atomic E-state index is 10.8. The van der Waals surface area contributed by atoms with Gasteiger partial charge in [0.25, 0.3) is 0 Å². The largest absolute Gasteiger partial charge is 0.496 e. The molecule has 5 nitrogen and oxygen atoms in total. The van der Waals surface area contributed by atoms with Gasteiger partial charge in [0.15, 0.2) is 0 Å². The van der Waals surface area contributed by atoms with Gasteiger partial charge < -0.3 is 9.79 Å². The summed E-state index contributed by atoms with van der Waals surface area (Å²) in [6, 6.07) is 0. The minimum atomic E-state index is -4.56. The predicted octanol–water partition coefficient (Wildman–Crippen LogP) is 7.70. The zero-order valence-electron chi connectivity index (χ0n) is 18.7. The molecule has 0 aliphatic rings. The number of hydrogen-bond acceptors (Lipinski definition) is 3. The van der Waals surface area contributed by atoms with Crippen LogP contribution in [0.5, 0.6) is 0 Å². The minimum absolute atomic E-state index is 0.241. The van der Waals surface area contributed by atoms with Gasteiger partial charge in [0.2, 0.25) is 0 Å². The second kappa shape index (κ2) is 19.1. The molecule has 0 aromatic carbocycles. The maximum absolute atomic E-state index is 10.8. The van der Waals surface area contributed by atoms with E-state index in [0.717, 1.165) is 25.7 Å². The second-order valence-electron chi connectivity index (χ2n) is 8.65. The SMILES string of the molecule is CCCCCCCCCCCCCCCCCC(CC(C)C)OOP(=O)(O)O. The van der Waals surface area contributed by atoms with Crippen LogP contribution in [-0.4, -0.2) is 15.9 Å². The van der Waals surface area contributed by atoms with Gasteiger partial charge in [-0.15, -0.1) is 4.67 Å². The van der Waals surface area contributed by atoms with Crippen molar-refractivity contribution >= 4 is 7.82 Å². The molecule has 0 heterocycles.